The average Bonchev–Trinajstić information content (AvgIpc) is 3.36. The molecular weight excluding hydrogens is 444 g/mol. The van der Waals surface area contributed by atoms with Crippen LogP contribution >= 0.6 is 23.1 Å². The van der Waals surface area contributed by atoms with Gasteiger partial charge in [-0.05, 0) is 25.1 Å². The van der Waals surface area contributed by atoms with Gasteiger partial charge in [-0.1, -0.05) is 23.1 Å². The highest BCUT2D eigenvalue weighted by molar-refractivity contribution is 8.00. The maximum absolute atomic E-state index is 12.4. The number of aryl methyl sites for hydroxylation is 1. The summed E-state index contributed by atoms with van der Waals surface area (Å²) in [7, 11) is -0.439. The number of sulfonamides is 1. The van der Waals surface area contributed by atoms with Crippen molar-refractivity contribution in [1.29, 1.82) is 0 Å². The van der Waals surface area contributed by atoms with Crippen LogP contribution in [0.3, 0.4) is 0 Å². The van der Waals surface area contributed by atoms with Gasteiger partial charge in [-0.15, -0.1) is 10.2 Å². The lowest BCUT2D eigenvalue weighted by atomic mass is 10.3. The summed E-state index contributed by atoms with van der Waals surface area (Å²) < 4.78 is 34.5. The number of nitrogens with zero attached hydrogens (tertiary/aromatic N) is 6. The first-order chi connectivity index (χ1) is 14.4. The van der Waals surface area contributed by atoms with Gasteiger partial charge in [-0.3, -0.25) is 0 Å². The summed E-state index contributed by atoms with van der Waals surface area (Å²) in [6.45, 7) is 5.91. The lowest BCUT2D eigenvalue weighted by Gasteiger charge is -2.25. The van der Waals surface area contributed by atoms with Crippen LogP contribution in [0.5, 0.6) is 0 Å². The third kappa shape index (κ3) is 4.19. The van der Waals surface area contributed by atoms with Crippen molar-refractivity contribution >= 4 is 49.3 Å². The van der Waals surface area contributed by atoms with Gasteiger partial charge in [-0.25, -0.2) is 17.7 Å². The van der Waals surface area contributed by atoms with Gasteiger partial charge in [0.2, 0.25) is 15.2 Å². The van der Waals surface area contributed by atoms with Gasteiger partial charge < -0.3 is 14.2 Å². The molecule has 1 aromatic carbocycles. The number of hydrogen-bond acceptors (Lipinski definition) is 9. The molecular formula is C18H24N6O3S3. The third-order valence-corrected chi connectivity index (χ3v) is 8.82. The largest absolute Gasteiger partial charge is 0.378 e. The van der Waals surface area contributed by atoms with E-state index >= 15 is 0 Å². The molecule has 4 rings (SSSR count). The van der Waals surface area contributed by atoms with Gasteiger partial charge in [0.15, 0.2) is 4.34 Å². The van der Waals surface area contributed by atoms with Crippen LogP contribution in [0.1, 0.15) is 12.7 Å². The molecule has 0 N–H and O–H groups in total. The zero-order valence-corrected chi connectivity index (χ0v) is 19.6. The average molecular weight is 469 g/mol. The molecule has 0 bridgehead atoms. The Morgan fingerprint density at radius 2 is 2.00 bits per heavy atom. The Bertz CT molecular complexity index is 1140. The number of imidazole rings is 1. The van der Waals surface area contributed by atoms with E-state index in [4.69, 9.17) is 9.72 Å². The Balaban J connectivity index is 1.54. The lowest BCUT2D eigenvalue weighted by Crippen LogP contribution is -2.36. The summed E-state index contributed by atoms with van der Waals surface area (Å²) in [6.07, 6.45) is 0. The van der Waals surface area contributed by atoms with Gasteiger partial charge >= 0.3 is 0 Å². The van der Waals surface area contributed by atoms with E-state index in [-0.39, 0.29) is 4.90 Å². The second-order valence-electron chi connectivity index (χ2n) is 6.95. The standard InChI is InChI=1S/C18H24N6O3S3/c1-4-24-15-6-5-13(30(25,26)22(2)3)11-14(15)19-16(24)12-28-18-21-20-17(29-18)23-7-9-27-10-8-23/h5-6,11H,4,7-10,12H2,1-3H3. The highest BCUT2D eigenvalue weighted by atomic mass is 32.2. The first kappa shape index (κ1) is 21.5. The molecule has 3 heterocycles. The summed E-state index contributed by atoms with van der Waals surface area (Å²) in [5, 5.41) is 9.54. The molecule has 9 nitrogen and oxygen atoms in total. The molecule has 0 amide bonds. The first-order valence-corrected chi connectivity index (χ1v) is 12.8. The van der Waals surface area contributed by atoms with E-state index in [1.54, 1.807) is 35.2 Å². The van der Waals surface area contributed by atoms with Crippen LogP contribution in [0, 0.1) is 0 Å². The molecule has 3 aromatic rings. The van der Waals surface area contributed by atoms with E-state index in [9.17, 15) is 8.42 Å². The Morgan fingerprint density at radius 3 is 2.70 bits per heavy atom. The predicted octanol–water partition coefficient (Wildman–Crippen LogP) is 2.29. The highest BCUT2D eigenvalue weighted by Gasteiger charge is 2.20. The van der Waals surface area contributed by atoms with E-state index in [0.29, 0.717) is 24.5 Å². The van der Waals surface area contributed by atoms with E-state index in [2.05, 4.69) is 26.6 Å². The number of rotatable bonds is 7. The van der Waals surface area contributed by atoms with E-state index in [0.717, 1.165) is 40.4 Å². The Kier molecular flexibility index (Phi) is 6.30. The van der Waals surface area contributed by atoms with Crippen LogP contribution in [-0.2, 0) is 27.1 Å². The molecule has 1 fully saturated rings. The molecule has 0 unspecified atom stereocenters. The fourth-order valence-electron chi connectivity index (χ4n) is 3.26. The summed E-state index contributed by atoms with van der Waals surface area (Å²) in [5.74, 6) is 1.52. The lowest BCUT2D eigenvalue weighted by molar-refractivity contribution is 0.122. The Morgan fingerprint density at radius 1 is 1.23 bits per heavy atom. The number of anilines is 1. The predicted molar refractivity (Wildman–Crippen MR) is 119 cm³/mol. The monoisotopic (exact) mass is 468 g/mol. The fraction of sp³-hybridized carbons (Fsp3) is 0.500. The normalized spacial score (nSPS) is 15.4. The molecule has 0 atom stereocenters. The third-order valence-electron chi connectivity index (χ3n) is 4.90. The molecule has 0 aliphatic carbocycles. The van der Waals surface area contributed by atoms with E-state index in [1.807, 2.05) is 6.07 Å². The Labute approximate surface area is 184 Å². The first-order valence-electron chi connectivity index (χ1n) is 9.61. The molecule has 1 aliphatic heterocycles. The van der Waals surface area contributed by atoms with Crippen molar-refractivity contribution in [3.8, 4) is 0 Å². The van der Waals surface area contributed by atoms with Gasteiger partial charge in [0.25, 0.3) is 0 Å². The summed E-state index contributed by atoms with van der Waals surface area (Å²) >= 11 is 3.17. The molecule has 0 radical (unpaired) electrons. The fourth-order valence-corrected chi connectivity index (χ4v) is 6.02. The van der Waals surface area contributed by atoms with Gasteiger partial charge in [0.05, 0.1) is 34.9 Å². The molecule has 1 saturated heterocycles. The summed E-state index contributed by atoms with van der Waals surface area (Å²) in [5.41, 5.74) is 1.61. The maximum Gasteiger partial charge on any atom is 0.242 e. The molecule has 1 aliphatic rings. The van der Waals surface area contributed by atoms with E-state index in [1.165, 1.54) is 18.4 Å². The number of hydrogen-bond donors (Lipinski definition) is 0. The van der Waals surface area contributed by atoms with Crippen molar-refractivity contribution < 1.29 is 13.2 Å². The molecule has 2 aromatic heterocycles. The quantitative estimate of drug-likeness (QED) is 0.488. The maximum atomic E-state index is 12.4. The highest BCUT2D eigenvalue weighted by Crippen LogP contribution is 2.31. The SMILES string of the molecule is CCn1c(CSc2nnc(N3CCOCC3)s2)nc2cc(S(=O)(=O)N(C)C)ccc21. The Hall–Kier alpha value is -1.73. The molecule has 0 spiro atoms. The van der Waals surface area contributed by atoms with Crippen LogP contribution < -0.4 is 4.90 Å². The number of thioether (sulfide) groups is 1. The molecule has 12 heteroatoms. The zero-order valence-electron chi connectivity index (χ0n) is 17.1. The van der Waals surface area contributed by atoms with Crippen LogP contribution in [0.4, 0.5) is 5.13 Å². The van der Waals surface area contributed by atoms with Gasteiger partial charge in [0, 0.05) is 33.7 Å². The van der Waals surface area contributed by atoms with E-state index < -0.39 is 10.0 Å². The molecule has 30 heavy (non-hydrogen) atoms. The number of morpholine rings is 1. The van der Waals surface area contributed by atoms with Crippen LogP contribution in [0.15, 0.2) is 27.4 Å². The minimum absolute atomic E-state index is 0.249. The summed E-state index contributed by atoms with van der Waals surface area (Å²) in [6, 6.07) is 5.12. The van der Waals surface area contributed by atoms with Crippen molar-refractivity contribution in [2.45, 2.75) is 28.5 Å². The molecule has 162 valence electrons. The minimum Gasteiger partial charge on any atom is -0.378 e. The molecule has 0 saturated carbocycles. The van der Waals surface area contributed by atoms with Crippen molar-refractivity contribution in [2.24, 2.45) is 0 Å². The van der Waals surface area contributed by atoms with Gasteiger partial charge in [-0.2, -0.15) is 0 Å². The number of benzene rings is 1. The van der Waals surface area contributed by atoms with Crippen LogP contribution in [0.25, 0.3) is 11.0 Å². The van der Waals surface area contributed by atoms with Crippen LogP contribution in [0.2, 0.25) is 0 Å². The van der Waals surface area contributed by atoms with Crippen molar-refractivity contribution in [2.75, 3.05) is 45.3 Å². The topological polar surface area (TPSA) is 93.5 Å². The smallest absolute Gasteiger partial charge is 0.242 e. The summed E-state index contributed by atoms with van der Waals surface area (Å²) in [4.78, 5) is 7.16. The number of fused-ring (bicyclic) bond motifs is 1. The van der Waals surface area contributed by atoms with Crippen molar-refractivity contribution in [3.63, 3.8) is 0 Å². The second-order valence-corrected chi connectivity index (χ2v) is 11.3. The van der Waals surface area contributed by atoms with Gasteiger partial charge in [0.1, 0.15) is 5.82 Å². The minimum atomic E-state index is -3.49. The number of aromatic nitrogens is 4. The van der Waals surface area contributed by atoms with Crippen molar-refractivity contribution in [1.82, 2.24) is 24.1 Å². The number of ether oxygens (including phenoxy) is 1. The zero-order chi connectivity index (χ0) is 21.3. The second kappa shape index (κ2) is 8.79. The van der Waals surface area contributed by atoms with Crippen molar-refractivity contribution in [3.05, 3.63) is 24.0 Å². The van der Waals surface area contributed by atoms with Crippen LogP contribution in [-0.4, -0.2) is 72.9 Å².